The second kappa shape index (κ2) is 8.86. The molecule has 3 aromatic heterocycles. The number of pyridine rings is 1. The first-order valence-corrected chi connectivity index (χ1v) is 11.6. The SMILES string of the molecule is COc1ccc([C@@H](Nc2cc(-c3ccc4ccn(C)c4c3)c3nccnc3c2)C2=CNNN2C)cn1. The summed E-state index contributed by atoms with van der Waals surface area (Å²) in [4.78, 5) is 13.7. The van der Waals surface area contributed by atoms with E-state index in [4.69, 9.17) is 4.74 Å². The van der Waals surface area contributed by atoms with Gasteiger partial charge in [-0.15, -0.1) is 5.53 Å². The minimum Gasteiger partial charge on any atom is -0.481 e. The van der Waals surface area contributed by atoms with Gasteiger partial charge < -0.3 is 20.0 Å². The summed E-state index contributed by atoms with van der Waals surface area (Å²) in [7, 11) is 5.64. The lowest BCUT2D eigenvalue weighted by molar-refractivity contribution is 0.294. The summed E-state index contributed by atoms with van der Waals surface area (Å²) in [6.45, 7) is 0. The summed E-state index contributed by atoms with van der Waals surface area (Å²) in [6.07, 6.45) is 9.30. The molecule has 1 aliphatic heterocycles. The molecule has 9 heteroatoms. The molecule has 1 aliphatic rings. The van der Waals surface area contributed by atoms with Crippen LogP contribution in [0.15, 0.2) is 85.2 Å². The number of nitrogens with zero attached hydrogens (tertiary/aromatic N) is 5. The lowest BCUT2D eigenvalue weighted by Gasteiger charge is -2.26. The first-order valence-electron chi connectivity index (χ1n) is 11.6. The zero-order valence-electron chi connectivity index (χ0n) is 20.2. The Morgan fingerprint density at radius 3 is 2.64 bits per heavy atom. The maximum Gasteiger partial charge on any atom is 0.212 e. The van der Waals surface area contributed by atoms with Gasteiger partial charge in [0, 0.05) is 67.9 Å². The van der Waals surface area contributed by atoms with Crippen molar-refractivity contribution in [3.05, 3.63) is 90.8 Å². The fraction of sp³-hybridized carbons (Fsp3) is 0.148. The number of nitrogens with one attached hydrogen (secondary N) is 3. The van der Waals surface area contributed by atoms with E-state index in [9.17, 15) is 0 Å². The topological polar surface area (TPSA) is 92.2 Å². The van der Waals surface area contributed by atoms with Crippen LogP contribution in [0.3, 0.4) is 0 Å². The molecular formula is C27H26N8O. The number of hydrogen-bond acceptors (Lipinski definition) is 8. The molecule has 5 aromatic rings. The van der Waals surface area contributed by atoms with Crippen molar-refractivity contribution in [2.45, 2.75) is 6.04 Å². The number of likely N-dealkylation sites (N-methyl/N-ethyl adjacent to an activating group) is 1. The summed E-state index contributed by atoms with van der Waals surface area (Å²) >= 11 is 0. The Bertz CT molecular complexity index is 1590. The highest BCUT2D eigenvalue weighted by atomic mass is 16.5. The number of benzene rings is 2. The Kier molecular flexibility index (Phi) is 5.38. The number of aryl methyl sites for hydroxylation is 1. The molecule has 0 bridgehead atoms. The van der Waals surface area contributed by atoms with Crippen LogP contribution in [0.2, 0.25) is 0 Å². The summed E-state index contributed by atoms with van der Waals surface area (Å²) in [5.74, 6) is 0.571. The van der Waals surface area contributed by atoms with E-state index in [2.05, 4.69) is 79.4 Å². The number of hydrogen-bond donors (Lipinski definition) is 3. The van der Waals surface area contributed by atoms with Crippen LogP contribution in [0.4, 0.5) is 5.69 Å². The third kappa shape index (κ3) is 3.85. The third-order valence-electron chi connectivity index (χ3n) is 6.52. The molecule has 180 valence electrons. The van der Waals surface area contributed by atoms with Crippen LogP contribution in [0, 0.1) is 0 Å². The number of methoxy groups -OCH3 is 1. The molecule has 0 amide bonds. The predicted molar refractivity (Wildman–Crippen MR) is 141 cm³/mol. The van der Waals surface area contributed by atoms with Gasteiger partial charge in [-0.1, -0.05) is 12.1 Å². The molecule has 2 aromatic carbocycles. The van der Waals surface area contributed by atoms with Gasteiger partial charge in [0.2, 0.25) is 5.88 Å². The first-order chi connectivity index (χ1) is 17.6. The van der Waals surface area contributed by atoms with Gasteiger partial charge in [0.1, 0.15) is 0 Å². The molecular weight excluding hydrogens is 452 g/mol. The normalized spacial score (nSPS) is 14.1. The van der Waals surface area contributed by atoms with E-state index in [1.54, 1.807) is 19.5 Å². The van der Waals surface area contributed by atoms with E-state index in [0.29, 0.717) is 5.88 Å². The fourth-order valence-corrected chi connectivity index (χ4v) is 4.63. The quantitative estimate of drug-likeness (QED) is 0.335. The van der Waals surface area contributed by atoms with Crippen LogP contribution >= 0.6 is 0 Å². The van der Waals surface area contributed by atoms with E-state index in [1.807, 2.05) is 42.7 Å². The number of rotatable bonds is 6. The Balaban J connectivity index is 1.47. The highest BCUT2D eigenvalue weighted by Crippen LogP contribution is 2.35. The number of hydrazine groups is 2. The minimum absolute atomic E-state index is 0.187. The van der Waals surface area contributed by atoms with E-state index in [0.717, 1.165) is 39.1 Å². The average molecular weight is 479 g/mol. The highest BCUT2D eigenvalue weighted by molar-refractivity contribution is 5.97. The molecule has 6 rings (SSSR count). The van der Waals surface area contributed by atoms with E-state index in [1.165, 1.54) is 10.9 Å². The van der Waals surface area contributed by atoms with E-state index < -0.39 is 0 Å². The summed E-state index contributed by atoms with van der Waals surface area (Å²) in [5, 5.41) is 6.85. The molecule has 1 atom stereocenters. The van der Waals surface area contributed by atoms with Crippen molar-refractivity contribution >= 4 is 27.6 Å². The van der Waals surface area contributed by atoms with Crippen LogP contribution in [0.5, 0.6) is 5.88 Å². The highest BCUT2D eigenvalue weighted by Gasteiger charge is 2.24. The molecule has 0 aliphatic carbocycles. The van der Waals surface area contributed by atoms with Crippen LogP contribution in [0.1, 0.15) is 11.6 Å². The van der Waals surface area contributed by atoms with Gasteiger partial charge >= 0.3 is 0 Å². The number of anilines is 1. The summed E-state index contributed by atoms with van der Waals surface area (Å²) in [6, 6.07) is 16.5. The van der Waals surface area contributed by atoms with Crippen molar-refractivity contribution in [2.75, 3.05) is 19.5 Å². The van der Waals surface area contributed by atoms with Crippen LogP contribution in [-0.2, 0) is 7.05 Å². The third-order valence-corrected chi connectivity index (χ3v) is 6.52. The Labute approximate surface area is 208 Å². The van der Waals surface area contributed by atoms with Crippen molar-refractivity contribution in [3.63, 3.8) is 0 Å². The monoisotopic (exact) mass is 478 g/mol. The fourth-order valence-electron chi connectivity index (χ4n) is 4.63. The minimum atomic E-state index is -0.187. The van der Waals surface area contributed by atoms with Crippen molar-refractivity contribution < 1.29 is 4.74 Å². The van der Waals surface area contributed by atoms with E-state index >= 15 is 0 Å². The summed E-state index contributed by atoms with van der Waals surface area (Å²) < 4.78 is 7.39. The lowest BCUT2D eigenvalue weighted by Crippen LogP contribution is -2.36. The van der Waals surface area contributed by atoms with E-state index in [-0.39, 0.29) is 6.04 Å². The van der Waals surface area contributed by atoms with Crippen molar-refractivity contribution in [3.8, 4) is 17.0 Å². The largest absolute Gasteiger partial charge is 0.481 e. The molecule has 0 fully saturated rings. The van der Waals surface area contributed by atoms with Crippen molar-refractivity contribution in [2.24, 2.45) is 7.05 Å². The maximum absolute atomic E-state index is 5.26. The molecule has 36 heavy (non-hydrogen) atoms. The predicted octanol–water partition coefficient (Wildman–Crippen LogP) is 4.14. The van der Waals surface area contributed by atoms with Gasteiger partial charge in [0.25, 0.3) is 0 Å². The molecule has 0 radical (unpaired) electrons. The zero-order valence-corrected chi connectivity index (χ0v) is 20.2. The lowest BCUT2D eigenvalue weighted by atomic mass is 10.00. The molecule has 0 unspecified atom stereocenters. The van der Waals surface area contributed by atoms with Gasteiger partial charge in [-0.25, -0.2) is 4.98 Å². The Hall–Kier alpha value is -4.63. The van der Waals surface area contributed by atoms with Gasteiger partial charge in [0.15, 0.2) is 0 Å². The Morgan fingerprint density at radius 2 is 1.86 bits per heavy atom. The smallest absolute Gasteiger partial charge is 0.212 e. The van der Waals surface area contributed by atoms with Gasteiger partial charge in [-0.3, -0.25) is 15.0 Å². The van der Waals surface area contributed by atoms with Gasteiger partial charge in [0.05, 0.1) is 29.9 Å². The molecule has 0 saturated carbocycles. The number of ether oxygens (including phenoxy) is 1. The van der Waals surface area contributed by atoms with Crippen LogP contribution in [-0.4, -0.2) is 38.7 Å². The Morgan fingerprint density at radius 1 is 0.972 bits per heavy atom. The molecule has 4 heterocycles. The average Bonchev–Trinajstić information content (AvgIpc) is 3.51. The number of aromatic nitrogens is 4. The second-order valence-corrected chi connectivity index (χ2v) is 8.74. The van der Waals surface area contributed by atoms with Crippen molar-refractivity contribution in [1.29, 1.82) is 0 Å². The molecule has 3 N–H and O–H groups in total. The zero-order chi connectivity index (χ0) is 24.6. The van der Waals surface area contributed by atoms with Gasteiger partial charge in [-0.2, -0.15) is 0 Å². The number of fused-ring (bicyclic) bond motifs is 2. The van der Waals surface area contributed by atoms with Crippen LogP contribution < -0.4 is 21.0 Å². The first kappa shape index (κ1) is 21.9. The molecule has 0 saturated heterocycles. The van der Waals surface area contributed by atoms with Crippen LogP contribution in [0.25, 0.3) is 33.1 Å². The summed E-state index contributed by atoms with van der Waals surface area (Å²) in [5.41, 5.74) is 14.0. The van der Waals surface area contributed by atoms with Crippen molar-refractivity contribution in [1.82, 2.24) is 35.5 Å². The molecule has 9 nitrogen and oxygen atoms in total. The second-order valence-electron chi connectivity index (χ2n) is 8.74. The van der Waals surface area contributed by atoms with Gasteiger partial charge in [-0.05, 0) is 46.8 Å². The maximum atomic E-state index is 5.26. The molecule has 0 spiro atoms. The standard InChI is InChI=1S/C27H26N8O/c1-34-11-8-17-4-5-18(12-23(17)34)21-13-20(14-22-27(21)29-10-9-28-22)32-26(24-16-31-33-35(24)2)19-6-7-25(36-3)30-15-19/h4-16,26,31-33H,1-3H3/t26-/m1/s1.